The predicted octanol–water partition coefficient (Wildman–Crippen LogP) is 2.77. The van der Waals surface area contributed by atoms with E-state index < -0.39 is 0 Å². The number of nitrogens with zero attached hydrogens (tertiary/aromatic N) is 5. The van der Waals surface area contributed by atoms with Gasteiger partial charge in [0.1, 0.15) is 12.7 Å². The second-order valence-electron chi connectivity index (χ2n) is 6.26. The molecule has 3 rings (SSSR count). The van der Waals surface area contributed by atoms with E-state index in [4.69, 9.17) is 5.26 Å². The van der Waals surface area contributed by atoms with Gasteiger partial charge in [-0.2, -0.15) is 10.4 Å². The third kappa shape index (κ3) is 4.57. The maximum Gasteiger partial charge on any atom is 0.238 e. The van der Waals surface area contributed by atoms with Crippen molar-refractivity contribution in [1.82, 2.24) is 19.7 Å². The van der Waals surface area contributed by atoms with E-state index in [-0.39, 0.29) is 18.5 Å². The third-order valence-corrected chi connectivity index (χ3v) is 4.39. The average Bonchev–Trinajstić information content (AvgIpc) is 3.22. The van der Waals surface area contributed by atoms with E-state index in [0.29, 0.717) is 11.3 Å². The van der Waals surface area contributed by atoms with Gasteiger partial charge in [-0.1, -0.05) is 18.2 Å². The zero-order valence-corrected chi connectivity index (χ0v) is 15.2. The molecule has 7 heteroatoms. The maximum absolute atomic E-state index is 12.3. The largest absolute Gasteiger partial charge is 0.325 e. The number of rotatable bonds is 6. The molecule has 0 aliphatic heterocycles. The van der Waals surface area contributed by atoms with E-state index in [1.807, 2.05) is 43.1 Å². The molecule has 1 heterocycles. The molecular weight excluding hydrogens is 340 g/mol. The topological polar surface area (TPSA) is 86.8 Å². The molecule has 0 bridgehead atoms. The summed E-state index contributed by atoms with van der Waals surface area (Å²) in [7, 11) is 1.90. The summed E-state index contributed by atoms with van der Waals surface area (Å²) in [4.78, 5) is 18.2. The Morgan fingerprint density at radius 1 is 1.30 bits per heavy atom. The molecule has 1 aromatic heterocycles. The van der Waals surface area contributed by atoms with Crippen LogP contribution in [-0.2, 0) is 4.79 Å². The molecule has 3 aromatic rings. The summed E-state index contributed by atoms with van der Waals surface area (Å²) in [6, 6.07) is 17.0. The van der Waals surface area contributed by atoms with E-state index in [1.165, 1.54) is 6.33 Å². The zero-order valence-electron chi connectivity index (χ0n) is 15.2. The maximum atomic E-state index is 12.3. The SMILES string of the molecule is CC(c1ccc(-n2cncn2)cc1)N(C)CC(=O)Nc1cccc(C#N)c1. The highest BCUT2D eigenvalue weighted by Gasteiger charge is 2.15. The number of likely N-dealkylation sites (N-methyl/N-ethyl adjacent to an activating group) is 1. The number of hydrogen-bond donors (Lipinski definition) is 1. The summed E-state index contributed by atoms with van der Waals surface area (Å²) < 4.78 is 1.70. The minimum Gasteiger partial charge on any atom is -0.325 e. The Kier molecular flexibility index (Phi) is 5.59. The highest BCUT2D eigenvalue weighted by molar-refractivity contribution is 5.92. The quantitative estimate of drug-likeness (QED) is 0.730. The summed E-state index contributed by atoms with van der Waals surface area (Å²) in [5.74, 6) is -0.126. The first-order valence-corrected chi connectivity index (χ1v) is 8.52. The number of amides is 1. The predicted molar refractivity (Wildman–Crippen MR) is 102 cm³/mol. The third-order valence-electron chi connectivity index (χ3n) is 4.39. The van der Waals surface area contributed by atoms with Gasteiger partial charge in [-0.05, 0) is 49.9 Å². The normalized spacial score (nSPS) is 11.8. The van der Waals surface area contributed by atoms with Crippen LogP contribution < -0.4 is 5.32 Å². The van der Waals surface area contributed by atoms with Crippen molar-refractivity contribution in [3.63, 3.8) is 0 Å². The molecule has 1 amide bonds. The highest BCUT2D eigenvalue weighted by atomic mass is 16.2. The van der Waals surface area contributed by atoms with Gasteiger partial charge in [-0.15, -0.1) is 0 Å². The fourth-order valence-electron chi connectivity index (χ4n) is 2.73. The molecule has 0 spiro atoms. The Morgan fingerprint density at radius 2 is 2.07 bits per heavy atom. The van der Waals surface area contributed by atoms with Crippen molar-refractivity contribution in [2.75, 3.05) is 18.9 Å². The van der Waals surface area contributed by atoms with Gasteiger partial charge in [0.25, 0.3) is 0 Å². The van der Waals surface area contributed by atoms with Crippen LogP contribution in [0, 0.1) is 11.3 Å². The molecule has 0 radical (unpaired) electrons. The molecule has 0 fully saturated rings. The second kappa shape index (κ2) is 8.25. The number of carbonyl (C=O) groups is 1. The Morgan fingerprint density at radius 3 is 2.74 bits per heavy atom. The van der Waals surface area contributed by atoms with Gasteiger partial charge in [0.15, 0.2) is 0 Å². The Bertz CT molecular complexity index is 943. The Balaban J connectivity index is 1.60. The second-order valence-corrected chi connectivity index (χ2v) is 6.26. The van der Waals surface area contributed by atoms with Crippen molar-refractivity contribution in [1.29, 1.82) is 5.26 Å². The van der Waals surface area contributed by atoms with E-state index >= 15 is 0 Å². The minimum absolute atomic E-state index is 0.0611. The number of nitrogens with one attached hydrogen (secondary N) is 1. The smallest absolute Gasteiger partial charge is 0.238 e. The lowest BCUT2D eigenvalue weighted by molar-refractivity contribution is -0.117. The van der Waals surface area contributed by atoms with Crippen LogP contribution in [0.4, 0.5) is 5.69 Å². The average molecular weight is 360 g/mol. The number of hydrogen-bond acceptors (Lipinski definition) is 5. The van der Waals surface area contributed by atoms with Crippen molar-refractivity contribution < 1.29 is 4.79 Å². The molecule has 136 valence electrons. The van der Waals surface area contributed by atoms with E-state index in [2.05, 4.69) is 21.5 Å². The van der Waals surface area contributed by atoms with Crippen LogP contribution in [0.2, 0.25) is 0 Å². The molecule has 1 unspecified atom stereocenters. The van der Waals surface area contributed by atoms with E-state index in [0.717, 1.165) is 11.3 Å². The zero-order chi connectivity index (χ0) is 19.2. The van der Waals surface area contributed by atoms with Crippen LogP contribution in [0.5, 0.6) is 0 Å². The van der Waals surface area contributed by atoms with Gasteiger partial charge in [0, 0.05) is 11.7 Å². The van der Waals surface area contributed by atoms with Crippen molar-refractivity contribution in [3.05, 3.63) is 72.3 Å². The number of carbonyl (C=O) groups excluding carboxylic acids is 1. The van der Waals surface area contributed by atoms with Gasteiger partial charge < -0.3 is 5.32 Å². The molecule has 0 saturated heterocycles. The molecule has 0 saturated carbocycles. The first-order valence-electron chi connectivity index (χ1n) is 8.52. The molecule has 1 N–H and O–H groups in total. The fourth-order valence-corrected chi connectivity index (χ4v) is 2.73. The Hall–Kier alpha value is -3.50. The fraction of sp³-hybridized carbons (Fsp3) is 0.200. The van der Waals surface area contributed by atoms with Gasteiger partial charge in [-0.3, -0.25) is 9.69 Å². The van der Waals surface area contributed by atoms with Crippen LogP contribution in [0.3, 0.4) is 0 Å². The first kappa shape index (κ1) is 18.3. The molecule has 0 aliphatic rings. The monoisotopic (exact) mass is 360 g/mol. The van der Waals surface area contributed by atoms with Crippen LogP contribution in [0.15, 0.2) is 61.2 Å². The van der Waals surface area contributed by atoms with Crippen LogP contribution in [0.1, 0.15) is 24.1 Å². The molecule has 7 nitrogen and oxygen atoms in total. The van der Waals surface area contributed by atoms with E-state index in [9.17, 15) is 4.79 Å². The summed E-state index contributed by atoms with van der Waals surface area (Å²) in [6.07, 6.45) is 3.14. The molecule has 0 aliphatic carbocycles. The van der Waals surface area contributed by atoms with Gasteiger partial charge in [0.2, 0.25) is 5.91 Å². The highest BCUT2D eigenvalue weighted by Crippen LogP contribution is 2.20. The van der Waals surface area contributed by atoms with Crippen molar-refractivity contribution in [3.8, 4) is 11.8 Å². The summed E-state index contributed by atoms with van der Waals surface area (Å²) in [5, 5.41) is 15.9. The van der Waals surface area contributed by atoms with Gasteiger partial charge >= 0.3 is 0 Å². The van der Waals surface area contributed by atoms with Crippen LogP contribution in [0.25, 0.3) is 5.69 Å². The molecular formula is C20H20N6O. The van der Waals surface area contributed by atoms with Crippen LogP contribution in [-0.4, -0.2) is 39.2 Å². The summed E-state index contributed by atoms with van der Waals surface area (Å²) >= 11 is 0. The lowest BCUT2D eigenvalue weighted by atomic mass is 10.1. The molecule has 1 atom stereocenters. The lowest BCUT2D eigenvalue weighted by Gasteiger charge is -2.24. The summed E-state index contributed by atoms with van der Waals surface area (Å²) in [5.41, 5.74) is 3.17. The standard InChI is InChI=1S/C20H20N6O/c1-15(17-6-8-19(9-7-17)26-14-22-13-23-26)25(2)12-20(27)24-18-5-3-4-16(10-18)11-21/h3-10,13-15H,12H2,1-2H3,(H,24,27). The van der Waals surface area contributed by atoms with Gasteiger partial charge in [-0.25, -0.2) is 9.67 Å². The number of anilines is 1. The summed E-state index contributed by atoms with van der Waals surface area (Å²) in [6.45, 7) is 2.29. The lowest BCUT2D eigenvalue weighted by Crippen LogP contribution is -2.32. The van der Waals surface area contributed by atoms with Crippen LogP contribution >= 0.6 is 0 Å². The van der Waals surface area contributed by atoms with Crippen molar-refractivity contribution in [2.24, 2.45) is 0 Å². The van der Waals surface area contributed by atoms with E-state index in [1.54, 1.807) is 35.3 Å². The molecule has 27 heavy (non-hydrogen) atoms. The van der Waals surface area contributed by atoms with Crippen molar-refractivity contribution in [2.45, 2.75) is 13.0 Å². The first-order chi connectivity index (χ1) is 13.1. The van der Waals surface area contributed by atoms with Gasteiger partial charge in [0.05, 0.1) is 23.9 Å². The molecule has 2 aromatic carbocycles. The van der Waals surface area contributed by atoms with Crippen molar-refractivity contribution >= 4 is 11.6 Å². The number of benzene rings is 2. The number of nitriles is 1. The Labute approximate surface area is 157 Å². The minimum atomic E-state index is -0.126. The number of aromatic nitrogens is 3.